The van der Waals surface area contributed by atoms with Gasteiger partial charge in [0.2, 0.25) is 10.0 Å². The smallest absolute Gasteiger partial charge is 0.253 e. The van der Waals surface area contributed by atoms with E-state index in [1.165, 1.54) is 10.4 Å². The monoisotopic (exact) mass is 478 g/mol. The molecular formula is C26H26N2O5S. The molecule has 8 heteroatoms. The van der Waals surface area contributed by atoms with Gasteiger partial charge in [-0.2, -0.15) is 4.31 Å². The minimum absolute atomic E-state index is 0.0905. The second-order valence-electron chi connectivity index (χ2n) is 8.30. The van der Waals surface area contributed by atoms with Crippen molar-refractivity contribution < 1.29 is 22.7 Å². The Morgan fingerprint density at radius 1 is 0.735 bits per heavy atom. The zero-order chi connectivity index (χ0) is 23.5. The van der Waals surface area contributed by atoms with Gasteiger partial charge in [-0.1, -0.05) is 42.5 Å². The maximum Gasteiger partial charge on any atom is 0.253 e. The highest BCUT2D eigenvalue weighted by Crippen LogP contribution is 2.33. The van der Waals surface area contributed by atoms with Gasteiger partial charge in [-0.25, -0.2) is 8.42 Å². The van der Waals surface area contributed by atoms with E-state index in [-0.39, 0.29) is 23.9 Å². The summed E-state index contributed by atoms with van der Waals surface area (Å²) in [6.45, 7) is 2.19. The summed E-state index contributed by atoms with van der Waals surface area (Å²) in [5.41, 5.74) is 2.73. The van der Waals surface area contributed by atoms with E-state index in [4.69, 9.17) is 9.47 Å². The van der Waals surface area contributed by atoms with Crippen LogP contribution in [0.1, 0.15) is 16.8 Å². The van der Waals surface area contributed by atoms with Gasteiger partial charge in [-0.3, -0.25) is 4.79 Å². The molecule has 1 amide bonds. The predicted molar refractivity (Wildman–Crippen MR) is 129 cm³/mol. The quantitative estimate of drug-likeness (QED) is 0.572. The Morgan fingerprint density at radius 2 is 1.38 bits per heavy atom. The summed E-state index contributed by atoms with van der Waals surface area (Å²) in [5, 5.41) is 0. The van der Waals surface area contributed by atoms with Crippen LogP contribution in [0.25, 0.3) is 11.1 Å². The fourth-order valence-corrected chi connectivity index (χ4v) is 5.64. The summed E-state index contributed by atoms with van der Waals surface area (Å²) in [5.74, 6) is 0.920. The summed E-state index contributed by atoms with van der Waals surface area (Å²) in [4.78, 5) is 14.9. The fraction of sp³-hybridized carbons (Fsp3) is 0.269. The van der Waals surface area contributed by atoms with Gasteiger partial charge in [0.1, 0.15) is 0 Å². The van der Waals surface area contributed by atoms with Crippen LogP contribution >= 0.6 is 0 Å². The van der Waals surface area contributed by atoms with Gasteiger partial charge < -0.3 is 14.4 Å². The number of fused-ring (bicyclic) bond motifs is 1. The molecular weight excluding hydrogens is 452 g/mol. The van der Waals surface area contributed by atoms with Crippen molar-refractivity contribution in [2.24, 2.45) is 0 Å². The molecule has 2 heterocycles. The van der Waals surface area contributed by atoms with E-state index in [0.29, 0.717) is 43.4 Å². The highest BCUT2D eigenvalue weighted by molar-refractivity contribution is 7.89. The van der Waals surface area contributed by atoms with Crippen molar-refractivity contribution in [1.29, 1.82) is 0 Å². The van der Waals surface area contributed by atoms with Crippen LogP contribution in [0.4, 0.5) is 0 Å². The van der Waals surface area contributed by atoms with Crippen LogP contribution in [0.3, 0.4) is 0 Å². The zero-order valence-corrected chi connectivity index (χ0v) is 19.5. The van der Waals surface area contributed by atoms with E-state index >= 15 is 0 Å². The lowest BCUT2D eigenvalue weighted by Crippen LogP contribution is -2.50. The average molecular weight is 479 g/mol. The first-order valence-corrected chi connectivity index (χ1v) is 12.8. The summed E-state index contributed by atoms with van der Waals surface area (Å²) in [7, 11) is -3.70. The Kier molecular flexibility index (Phi) is 6.26. The molecule has 7 nitrogen and oxygen atoms in total. The number of amides is 1. The zero-order valence-electron chi connectivity index (χ0n) is 18.7. The topological polar surface area (TPSA) is 76.2 Å². The first-order chi connectivity index (χ1) is 16.5. The van der Waals surface area contributed by atoms with E-state index < -0.39 is 10.0 Å². The number of ether oxygens (including phenoxy) is 2. The number of piperazine rings is 1. The molecule has 0 spiro atoms. The largest absolute Gasteiger partial charge is 0.490 e. The molecule has 34 heavy (non-hydrogen) atoms. The van der Waals surface area contributed by atoms with Crippen LogP contribution in [0.15, 0.2) is 77.7 Å². The van der Waals surface area contributed by atoms with E-state index in [0.717, 1.165) is 17.5 Å². The third-order valence-electron chi connectivity index (χ3n) is 6.12. The Hall–Kier alpha value is -3.36. The fourth-order valence-electron chi connectivity index (χ4n) is 4.20. The maximum absolute atomic E-state index is 13.2. The lowest BCUT2D eigenvalue weighted by atomic mass is 10.0. The van der Waals surface area contributed by atoms with Crippen molar-refractivity contribution >= 4 is 15.9 Å². The Balaban J connectivity index is 1.24. The molecule has 1 fully saturated rings. The van der Waals surface area contributed by atoms with Crippen molar-refractivity contribution in [2.45, 2.75) is 11.3 Å². The summed E-state index contributed by atoms with van der Waals surface area (Å²) in [6, 6.07) is 22.2. The number of hydrogen-bond acceptors (Lipinski definition) is 5. The van der Waals surface area contributed by atoms with Gasteiger partial charge in [0.05, 0.1) is 18.1 Å². The molecule has 0 aliphatic carbocycles. The first-order valence-electron chi connectivity index (χ1n) is 11.4. The van der Waals surface area contributed by atoms with E-state index in [1.807, 2.05) is 54.6 Å². The molecule has 5 rings (SSSR count). The summed E-state index contributed by atoms with van der Waals surface area (Å²) in [6.07, 6.45) is 0.752. The van der Waals surface area contributed by atoms with E-state index in [9.17, 15) is 13.2 Å². The second kappa shape index (κ2) is 9.48. The molecule has 0 unspecified atom stereocenters. The molecule has 3 aromatic rings. The van der Waals surface area contributed by atoms with Crippen LogP contribution in [0.5, 0.6) is 11.5 Å². The standard InChI is InChI=1S/C26H26N2O5S/c29-26(22-9-7-21(8-10-22)20-5-2-1-3-6-20)27-13-15-28(16-14-27)34(30,31)23-11-12-24-25(19-23)33-18-4-17-32-24/h1-3,5-12,19H,4,13-18H2. The van der Waals surface area contributed by atoms with Crippen molar-refractivity contribution in [2.75, 3.05) is 39.4 Å². The van der Waals surface area contributed by atoms with Gasteiger partial charge >= 0.3 is 0 Å². The predicted octanol–water partition coefficient (Wildman–Crippen LogP) is 3.66. The average Bonchev–Trinajstić information content (AvgIpc) is 3.14. The second-order valence-corrected chi connectivity index (χ2v) is 10.2. The van der Waals surface area contributed by atoms with Crippen molar-refractivity contribution in [3.05, 3.63) is 78.4 Å². The third-order valence-corrected chi connectivity index (χ3v) is 8.02. The molecule has 0 saturated carbocycles. The number of sulfonamides is 1. The Bertz CT molecular complexity index is 1270. The highest BCUT2D eigenvalue weighted by Gasteiger charge is 2.31. The van der Waals surface area contributed by atoms with Gasteiger partial charge in [-0.15, -0.1) is 0 Å². The molecule has 2 aliphatic rings. The van der Waals surface area contributed by atoms with Gasteiger partial charge in [0.25, 0.3) is 5.91 Å². The maximum atomic E-state index is 13.2. The molecule has 0 bridgehead atoms. The SMILES string of the molecule is O=C(c1ccc(-c2ccccc2)cc1)N1CCN(S(=O)(=O)c2ccc3c(c2)OCCCO3)CC1. The van der Waals surface area contributed by atoms with Gasteiger partial charge in [-0.05, 0) is 35.4 Å². The molecule has 0 atom stereocenters. The van der Waals surface area contributed by atoms with Gasteiger partial charge in [0, 0.05) is 44.2 Å². The number of carbonyl (C=O) groups excluding carboxylic acids is 1. The molecule has 2 aliphatic heterocycles. The molecule has 0 radical (unpaired) electrons. The number of rotatable bonds is 4. The molecule has 176 valence electrons. The first kappa shape index (κ1) is 22.4. The lowest BCUT2D eigenvalue weighted by molar-refractivity contribution is 0.0698. The third kappa shape index (κ3) is 4.51. The van der Waals surface area contributed by atoms with Crippen molar-refractivity contribution in [1.82, 2.24) is 9.21 Å². The van der Waals surface area contributed by atoms with E-state index in [2.05, 4.69) is 0 Å². The lowest BCUT2D eigenvalue weighted by Gasteiger charge is -2.34. The number of carbonyl (C=O) groups is 1. The van der Waals surface area contributed by atoms with Crippen LogP contribution in [-0.2, 0) is 10.0 Å². The number of nitrogens with zero attached hydrogens (tertiary/aromatic N) is 2. The molecule has 0 aromatic heterocycles. The number of hydrogen-bond donors (Lipinski definition) is 0. The minimum Gasteiger partial charge on any atom is -0.490 e. The van der Waals surface area contributed by atoms with E-state index in [1.54, 1.807) is 17.0 Å². The number of benzene rings is 3. The minimum atomic E-state index is -3.70. The van der Waals surface area contributed by atoms with Crippen LogP contribution in [0.2, 0.25) is 0 Å². The molecule has 3 aromatic carbocycles. The Morgan fingerprint density at radius 3 is 2.09 bits per heavy atom. The van der Waals surface area contributed by atoms with Crippen LogP contribution < -0.4 is 9.47 Å². The summed E-state index contributed by atoms with van der Waals surface area (Å²) >= 11 is 0. The molecule has 0 N–H and O–H groups in total. The highest BCUT2D eigenvalue weighted by atomic mass is 32.2. The molecule has 1 saturated heterocycles. The van der Waals surface area contributed by atoms with Gasteiger partial charge in [0.15, 0.2) is 11.5 Å². The Labute approximate surface area is 199 Å². The van der Waals surface area contributed by atoms with Crippen LogP contribution in [-0.4, -0.2) is 62.9 Å². The normalized spacial score (nSPS) is 16.6. The summed E-state index contributed by atoms with van der Waals surface area (Å²) < 4.78 is 39.1. The van der Waals surface area contributed by atoms with Crippen molar-refractivity contribution in [3.63, 3.8) is 0 Å². The van der Waals surface area contributed by atoms with Crippen molar-refractivity contribution in [3.8, 4) is 22.6 Å². The van der Waals surface area contributed by atoms with Crippen LogP contribution in [0, 0.1) is 0 Å².